The zero-order chi connectivity index (χ0) is 16.8. The summed E-state index contributed by atoms with van der Waals surface area (Å²) < 4.78 is 24.0. The van der Waals surface area contributed by atoms with E-state index in [9.17, 15) is 9.18 Å². The quantitative estimate of drug-likeness (QED) is 0.774. The first-order valence-corrected chi connectivity index (χ1v) is 7.87. The summed E-state index contributed by atoms with van der Waals surface area (Å²) in [6.07, 6.45) is 0.241. The number of rotatable bonds is 6. The van der Waals surface area contributed by atoms with Gasteiger partial charge in [-0.15, -0.1) is 0 Å². The molecular weight excluding hydrogens is 365 g/mol. The van der Waals surface area contributed by atoms with Crippen molar-refractivity contribution in [1.82, 2.24) is 0 Å². The summed E-state index contributed by atoms with van der Waals surface area (Å²) >= 11 is 3.30. The Hall–Kier alpha value is -2.08. The van der Waals surface area contributed by atoms with Crippen molar-refractivity contribution in [3.8, 4) is 11.5 Å². The summed E-state index contributed by atoms with van der Waals surface area (Å²) in [7, 11) is 3.06. The topological polar surface area (TPSA) is 47.6 Å². The number of hydrogen-bond donors (Lipinski definition) is 1. The first-order chi connectivity index (χ1) is 11.0. The molecule has 4 nitrogen and oxygen atoms in total. The predicted octanol–water partition coefficient (Wildman–Crippen LogP) is 3.79. The van der Waals surface area contributed by atoms with Crippen molar-refractivity contribution in [3.63, 3.8) is 0 Å². The highest BCUT2D eigenvalue weighted by Crippen LogP contribution is 2.29. The van der Waals surface area contributed by atoms with E-state index < -0.39 is 4.83 Å². The van der Waals surface area contributed by atoms with E-state index in [1.165, 1.54) is 13.2 Å². The molecule has 0 aliphatic heterocycles. The van der Waals surface area contributed by atoms with E-state index in [0.29, 0.717) is 22.7 Å². The second-order valence-corrected chi connectivity index (χ2v) is 5.92. The predicted molar refractivity (Wildman–Crippen MR) is 91.0 cm³/mol. The standard InChI is InChI=1S/C17H17BrFNO3/c1-22-12-7-8-16(23-2)15(10-12)20-17(21)13(18)9-11-5-3-4-6-14(11)19/h3-8,10,13H,9H2,1-2H3,(H,20,21). The Morgan fingerprint density at radius 3 is 2.61 bits per heavy atom. The maximum absolute atomic E-state index is 13.7. The molecule has 2 rings (SSSR count). The van der Waals surface area contributed by atoms with Gasteiger partial charge in [-0.3, -0.25) is 4.79 Å². The summed E-state index contributed by atoms with van der Waals surface area (Å²) in [5.74, 6) is 0.495. The van der Waals surface area contributed by atoms with Crippen LogP contribution in [0.5, 0.6) is 11.5 Å². The molecule has 0 radical (unpaired) electrons. The minimum atomic E-state index is -0.574. The molecule has 6 heteroatoms. The lowest BCUT2D eigenvalue weighted by Gasteiger charge is -2.14. The van der Waals surface area contributed by atoms with Gasteiger partial charge in [-0.1, -0.05) is 34.1 Å². The van der Waals surface area contributed by atoms with E-state index in [0.717, 1.165) is 0 Å². The van der Waals surface area contributed by atoms with Gasteiger partial charge in [0.1, 0.15) is 17.3 Å². The van der Waals surface area contributed by atoms with Gasteiger partial charge in [0.2, 0.25) is 5.91 Å². The number of carbonyl (C=O) groups excluding carboxylic acids is 1. The smallest absolute Gasteiger partial charge is 0.238 e. The molecule has 0 saturated heterocycles. The average Bonchev–Trinajstić information content (AvgIpc) is 2.56. The third-order valence-electron chi connectivity index (χ3n) is 3.31. The molecular formula is C17H17BrFNO3. The molecule has 23 heavy (non-hydrogen) atoms. The summed E-state index contributed by atoms with van der Waals surface area (Å²) in [6, 6.07) is 11.5. The highest BCUT2D eigenvalue weighted by Gasteiger charge is 2.19. The van der Waals surface area contributed by atoms with Gasteiger partial charge >= 0.3 is 0 Å². The second-order valence-electron chi connectivity index (χ2n) is 4.82. The van der Waals surface area contributed by atoms with Crippen LogP contribution in [-0.4, -0.2) is 25.0 Å². The molecule has 2 aromatic carbocycles. The van der Waals surface area contributed by atoms with Gasteiger partial charge < -0.3 is 14.8 Å². The Labute approximate surface area is 142 Å². The fraction of sp³-hybridized carbons (Fsp3) is 0.235. The van der Waals surface area contributed by atoms with Gasteiger partial charge in [0.25, 0.3) is 0 Å². The zero-order valence-electron chi connectivity index (χ0n) is 12.8. The highest BCUT2D eigenvalue weighted by molar-refractivity contribution is 9.10. The molecule has 1 N–H and O–H groups in total. The number of carbonyl (C=O) groups is 1. The molecule has 2 aromatic rings. The Balaban J connectivity index is 2.10. The molecule has 1 unspecified atom stereocenters. The molecule has 1 atom stereocenters. The van der Waals surface area contributed by atoms with Crippen molar-refractivity contribution in [1.29, 1.82) is 0 Å². The molecule has 0 heterocycles. The number of halogens is 2. The Kier molecular flexibility index (Phi) is 5.98. The van der Waals surface area contributed by atoms with E-state index in [2.05, 4.69) is 21.2 Å². The maximum atomic E-state index is 13.7. The number of anilines is 1. The van der Waals surface area contributed by atoms with Crippen LogP contribution in [0.15, 0.2) is 42.5 Å². The first kappa shape index (κ1) is 17.3. The van der Waals surface area contributed by atoms with Gasteiger partial charge in [-0.25, -0.2) is 4.39 Å². The molecule has 0 saturated carbocycles. The van der Waals surface area contributed by atoms with Crippen LogP contribution < -0.4 is 14.8 Å². The van der Waals surface area contributed by atoms with Crippen molar-refractivity contribution in [2.24, 2.45) is 0 Å². The van der Waals surface area contributed by atoms with Gasteiger partial charge in [0, 0.05) is 6.07 Å². The van der Waals surface area contributed by atoms with Gasteiger partial charge in [-0.05, 0) is 30.2 Å². The average molecular weight is 382 g/mol. The molecule has 0 aliphatic carbocycles. The number of benzene rings is 2. The largest absolute Gasteiger partial charge is 0.497 e. The Morgan fingerprint density at radius 2 is 1.96 bits per heavy atom. The van der Waals surface area contributed by atoms with Crippen LogP contribution in [0.25, 0.3) is 0 Å². The lowest BCUT2D eigenvalue weighted by molar-refractivity contribution is -0.115. The molecule has 0 bridgehead atoms. The fourth-order valence-electron chi connectivity index (χ4n) is 2.07. The third kappa shape index (κ3) is 4.45. The summed E-state index contributed by atoms with van der Waals surface area (Å²) in [4.78, 5) is 11.7. The zero-order valence-corrected chi connectivity index (χ0v) is 14.4. The van der Waals surface area contributed by atoms with E-state index in [1.54, 1.807) is 43.5 Å². The van der Waals surface area contributed by atoms with E-state index in [-0.39, 0.29) is 18.1 Å². The van der Waals surface area contributed by atoms with E-state index >= 15 is 0 Å². The summed E-state index contributed by atoms with van der Waals surface area (Å²) in [5.41, 5.74) is 0.969. The van der Waals surface area contributed by atoms with Gasteiger partial charge in [-0.2, -0.15) is 0 Å². The molecule has 122 valence electrons. The van der Waals surface area contributed by atoms with E-state index in [1.807, 2.05) is 0 Å². The summed E-state index contributed by atoms with van der Waals surface area (Å²) in [5, 5.41) is 2.76. The minimum Gasteiger partial charge on any atom is -0.497 e. The number of nitrogens with one attached hydrogen (secondary N) is 1. The van der Waals surface area contributed by atoms with Crippen LogP contribution in [-0.2, 0) is 11.2 Å². The van der Waals surface area contributed by atoms with Gasteiger partial charge in [0.15, 0.2) is 0 Å². The number of ether oxygens (including phenoxy) is 2. The van der Waals surface area contributed by atoms with Crippen LogP contribution in [0.1, 0.15) is 5.56 Å². The molecule has 0 fully saturated rings. The number of amides is 1. The monoisotopic (exact) mass is 381 g/mol. The SMILES string of the molecule is COc1ccc(OC)c(NC(=O)C(Br)Cc2ccccc2F)c1. The first-order valence-electron chi connectivity index (χ1n) is 6.95. The lowest BCUT2D eigenvalue weighted by atomic mass is 10.1. The lowest BCUT2D eigenvalue weighted by Crippen LogP contribution is -2.25. The van der Waals surface area contributed by atoms with Crippen molar-refractivity contribution >= 4 is 27.5 Å². The number of hydrogen-bond acceptors (Lipinski definition) is 3. The highest BCUT2D eigenvalue weighted by atomic mass is 79.9. The number of methoxy groups -OCH3 is 2. The number of alkyl halides is 1. The third-order valence-corrected chi connectivity index (χ3v) is 4.05. The summed E-state index contributed by atoms with van der Waals surface area (Å²) in [6.45, 7) is 0. The molecule has 1 amide bonds. The van der Waals surface area contributed by atoms with Crippen LogP contribution >= 0.6 is 15.9 Å². The maximum Gasteiger partial charge on any atom is 0.238 e. The van der Waals surface area contributed by atoms with E-state index in [4.69, 9.17) is 9.47 Å². The van der Waals surface area contributed by atoms with Crippen LogP contribution in [0.2, 0.25) is 0 Å². The second kappa shape index (κ2) is 7.97. The Morgan fingerprint density at radius 1 is 1.22 bits per heavy atom. The van der Waals surface area contributed by atoms with Crippen molar-refractivity contribution in [2.45, 2.75) is 11.2 Å². The van der Waals surface area contributed by atoms with Crippen molar-refractivity contribution in [3.05, 3.63) is 53.8 Å². The molecule has 0 aliphatic rings. The minimum absolute atomic E-state index is 0.241. The van der Waals surface area contributed by atoms with Crippen molar-refractivity contribution in [2.75, 3.05) is 19.5 Å². The van der Waals surface area contributed by atoms with Crippen molar-refractivity contribution < 1.29 is 18.7 Å². The normalized spacial score (nSPS) is 11.7. The van der Waals surface area contributed by atoms with Crippen LogP contribution in [0, 0.1) is 5.82 Å². The van der Waals surface area contributed by atoms with Crippen LogP contribution in [0.3, 0.4) is 0 Å². The van der Waals surface area contributed by atoms with Crippen LogP contribution in [0.4, 0.5) is 10.1 Å². The Bertz CT molecular complexity index is 693. The molecule has 0 spiro atoms. The molecule has 0 aromatic heterocycles. The van der Waals surface area contributed by atoms with Gasteiger partial charge in [0.05, 0.1) is 24.7 Å². The fourth-order valence-corrected chi connectivity index (χ4v) is 2.54.